The molecular weight excluding hydrogens is 386 g/mol. The van der Waals surface area contributed by atoms with Crippen LogP contribution in [0.3, 0.4) is 0 Å². The van der Waals surface area contributed by atoms with Gasteiger partial charge in [0.2, 0.25) is 0 Å². The number of hydrogen-bond acceptors (Lipinski definition) is 8. The molecule has 12 nitrogen and oxygen atoms in total. The third-order valence-electron chi connectivity index (χ3n) is 4.33. The van der Waals surface area contributed by atoms with Crippen molar-refractivity contribution < 1.29 is 14.8 Å². The first-order valence-corrected chi connectivity index (χ1v) is 8.09. The van der Waals surface area contributed by atoms with Gasteiger partial charge in [0.15, 0.2) is 0 Å². The Balaban J connectivity index is 2.50. The highest BCUT2D eigenvalue weighted by Crippen LogP contribution is 2.38. The Morgan fingerprint density at radius 1 is 0.931 bits per heavy atom. The van der Waals surface area contributed by atoms with E-state index in [-0.39, 0.29) is 16.6 Å². The van der Waals surface area contributed by atoms with Crippen molar-refractivity contribution in [2.75, 3.05) is 5.32 Å². The van der Waals surface area contributed by atoms with Crippen molar-refractivity contribution in [1.82, 2.24) is 4.57 Å². The number of aryl methyl sites for hydroxylation is 2. The second-order valence-electron chi connectivity index (χ2n) is 6.21. The standard InChI is InChI=1S/C17H13N5O7/c1-9-3-5-10(6-4-9)18-14-12-7-11(20(24)25)8-13(21(26)27)15(12)19(2)17(23)16(14)22(28)29/h3-8,18H,1-2H3. The summed E-state index contributed by atoms with van der Waals surface area (Å²) in [6.07, 6.45) is 0. The molecule has 0 fully saturated rings. The molecule has 1 N–H and O–H groups in total. The molecule has 0 atom stereocenters. The molecule has 2 aromatic carbocycles. The summed E-state index contributed by atoms with van der Waals surface area (Å²) in [6.45, 7) is 1.83. The van der Waals surface area contributed by atoms with Gasteiger partial charge in [-0.05, 0) is 19.1 Å². The minimum absolute atomic E-state index is 0.194. The molecule has 1 aromatic heterocycles. The lowest BCUT2D eigenvalue weighted by molar-refractivity contribution is -0.393. The number of benzene rings is 2. The summed E-state index contributed by atoms with van der Waals surface area (Å²) in [7, 11) is 1.13. The first-order valence-electron chi connectivity index (χ1n) is 8.09. The Kier molecular flexibility index (Phi) is 4.68. The van der Waals surface area contributed by atoms with E-state index >= 15 is 0 Å². The molecular formula is C17H13N5O7. The fourth-order valence-corrected chi connectivity index (χ4v) is 2.96. The second kappa shape index (κ2) is 6.99. The molecule has 12 heteroatoms. The molecule has 0 saturated heterocycles. The summed E-state index contributed by atoms with van der Waals surface area (Å²) < 4.78 is 0.746. The number of fused-ring (bicyclic) bond motifs is 1. The quantitative estimate of drug-likeness (QED) is 0.504. The molecule has 0 radical (unpaired) electrons. The molecule has 0 aliphatic rings. The number of nitrogens with zero attached hydrogens (tertiary/aromatic N) is 4. The molecule has 0 saturated carbocycles. The maximum absolute atomic E-state index is 12.6. The van der Waals surface area contributed by atoms with Crippen LogP contribution >= 0.6 is 0 Å². The average Bonchev–Trinajstić information content (AvgIpc) is 2.66. The zero-order valence-electron chi connectivity index (χ0n) is 15.1. The largest absolute Gasteiger partial charge is 0.357 e. The van der Waals surface area contributed by atoms with Crippen molar-refractivity contribution in [1.29, 1.82) is 0 Å². The number of nitro benzene ring substituents is 2. The molecule has 3 rings (SSSR count). The maximum Gasteiger partial charge on any atom is 0.357 e. The van der Waals surface area contributed by atoms with Crippen LogP contribution in [0, 0.1) is 37.3 Å². The molecule has 0 aliphatic heterocycles. The van der Waals surface area contributed by atoms with Crippen molar-refractivity contribution in [2.45, 2.75) is 6.92 Å². The highest BCUT2D eigenvalue weighted by atomic mass is 16.6. The first-order chi connectivity index (χ1) is 13.6. The van der Waals surface area contributed by atoms with Crippen LogP contribution in [-0.2, 0) is 7.05 Å². The van der Waals surface area contributed by atoms with Crippen LogP contribution in [0.4, 0.5) is 28.4 Å². The summed E-state index contributed by atoms with van der Waals surface area (Å²) >= 11 is 0. The predicted octanol–water partition coefficient (Wildman–Crippen LogP) is 3.32. The normalized spacial score (nSPS) is 10.7. The number of rotatable bonds is 5. The number of nitrogens with one attached hydrogen (secondary N) is 1. The van der Waals surface area contributed by atoms with Gasteiger partial charge in [0.25, 0.3) is 5.69 Å². The summed E-state index contributed by atoms with van der Waals surface area (Å²) in [6, 6.07) is 8.28. The fourth-order valence-electron chi connectivity index (χ4n) is 2.96. The molecule has 0 spiro atoms. The summed E-state index contributed by atoms with van der Waals surface area (Å²) in [5.74, 6) is 0. The van der Waals surface area contributed by atoms with Gasteiger partial charge < -0.3 is 5.32 Å². The van der Waals surface area contributed by atoms with E-state index < -0.39 is 37.4 Å². The van der Waals surface area contributed by atoms with Crippen LogP contribution in [0.2, 0.25) is 0 Å². The summed E-state index contributed by atoms with van der Waals surface area (Å²) in [5.41, 5.74) is -2.67. The predicted molar refractivity (Wildman–Crippen MR) is 104 cm³/mol. The second-order valence-corrected chi connectivity index (χ2v) is 6.21. The van der Waals surface area contributed by atoms with E-state index in [2.05, 4.69) is 5.32 Å². The SMILES string of the molecule is Cc1ccc(Nc2c([N+](=O)[O-])c(=O)n(C)c3c([N+](=O)[O-])cc([N+](=O)[O-])cc23)cc1. The van der Waals surface area contributed by atoms with Crippen molar-refractivity contribution in [3.05, 3.63) is 82.7 Å². The minimum Gasteiger partial charge on any atom is -0.349 e. The van der Waals surface area contributed by atoms with Gasteiger partial charge in [0.1, 0.15) is 11.2 Å². The lowest BCUT2D eigenvalue weighted by Crippen LogP contribution is -2.22. The van der Waals surface area contributed by atoms with Crippen molar-refractivity contribution in [2.24, 2.45) is 7.05 Å². The first kappa shape index (κ1) is 19.4. The fraction of sp³-hybridized carbons (Fsp3) is 0.118. The maximum atomic E-state index is 12.6. The number of non-ortho nitro benzene ring substituents is 2. The molecule has 1 heterocycles. The topological polar surface area (TPSA) is 163 Å². The van der Waals surface area contributed by atoms with Gasteiger partial charge in [0.05, 0.1) is 20.8 Å². The Bertz CT molecular complexity index is 1250. The Labute approximate surface area is 161 Å². The third kappa shape index (κ3) is 3.34. The minimum atomic E-state index is -1.09. The van der Waals surface area contributed by atoms with Crippen molar-refractivity contribution >= 4 is 39.3 Å². The molecule has 0 amide bonds. The smallest absolute Gasteiger partial charge is 0.349 e. The average molecular weight is 399 g/mol. The zero-order chi connectivity index (χ0) is 21.5. The van der Waals surface area contributed by atoms with E-state index in [1.807, 2.05) is 6.92 Å². The van der Waals surface area contributed by atoms with Crippen LogP contribution in [0.15, 0.2) is 41.2 Å². The summed E-state index contributed by atoms with van der Waals surface area (Å²) in [4.78, 5) is 44.3. The Morgan fingerprint density at radius 2 is 1.55 bits per heavy atom. The van der Waals surface area contributed by atoms with Crippen LogP contribution in [-0.4, -0.2) is 19.3 Å². The van der Waals surface area contributed by atoms with E-state index in [9.17, 15) is 35.1 Å². The Morgan fingerprint density at radius 3 is 2.07 bits per heavy atom. The Hall–Kier alpha value is -4.35. The molecule has 0 bridgehead atoms. The van der Waals surface area contributed by atoms with E-state index in [1.54, 1.807) is 24.3 Å². The van der Waals surface area contributed by atoms with Crippen molar-refractivity contribution in [3.8, 4) is 0 Å². The van der Waals surface area contributed by atoms with Gasteiger partial charge in [-0.25, -0.2) is 0 Å². The van der Waals surface area contributed by atoms with Crippen LogP contribution in [0.25, 0.3) is 10.9 Å². The van der Waals surface area contributed by atoms with E-state index in [4.69, 9.17) is 0 Å². The van der Waals surface area contributed by atoms with E-state index in [0.717, 1.165) is 23.2 Å². The molecule has 3 aromatic rings. The number of hydrogen-bond donors (Lipinski definition) is 1. The lowest BCUT2D eigenvalue weighted by atomic mass is 10.1. The van der Waals surface area contributed by atoms with Gasteiger partial charge in [-0.15, -0.1) is 0 Å². The lowest BCUT2D eigenvalue weighted by Gasteiger charge is -2.13. The van der Waals surface area contributed by atoms with Gasteiger partial charge >= 0.3 is 16.9 Å². The van der Waals surface area contributed by atoms with Gasteiger partial charge in [0, 0.05) is 24.2 Å². The van der Waals surface area contributed by atoms with E-state index in [0.29, 0.717) is 11.8 Å². The monoisotopic (exact) mass is 399 g/mol. The molecule has 148 valence electrons. The third-order valence-corrected chi connectivity index (χ3v) is 4.33. The van der Waals surface area contributed by atoms with Gasteiger partial charge in [-0.1, -0.05) is 17.7 Å². The van der Waals surface area contributed by atoms with Crippen LogP contribution in [0.1, 0.15) is 5.56 Å². The highest BCUT2D eigenvalue weighted by molar-refractivity contribution is 6.03. The number of aromatic nitrogens is 1. The summed E-state index contributed by atoms with van der Waals surface area (Å²) in [5, 5.41) is 36.9. The van der Waals surface area contributed by atoms with E-state index in [1.165, 1.54) is 0 Å². The van der Waals surface area contributed by atoms with Crippen LogP contribution in [0.5, 0.6) is 0 Å². The molecule has 29 heavy (non-hydrogen) atoms. The highest BCUT2D eigenvalue weighted by Gasteiger charge is 2.31. The van der Waals surface area contributed by atoms with Gasteiger partial charge in [-0.2, -0.15) is 0 Å². The molecule has 0 unspecified atom stereocenters. The van der Waals surface area contributed by atoms with Gasteiger partial charge in [-0.3, -0.25) is 39.7 Å². The van der Waals surface area contributed by atoms with Crippen LogP contribution < -0.4 is 10.9 Å². The van der Waals surface area contributed by atoms with Crippen molar-refractivity contribution in [3.63, 3.8) is 0 Å². The zero-order valence-corrected chi connectivity index (χ0v) is 15.1. The number of anilines is 2. The number of pyridine rings is 1. The molecule has 0 aliphatic carbocycles. The number of nitro groups is 3.